The zero-order valence-electron chi connectivity index (χ0n) is 21.5. The van der Waals surface area contributed by atoms with E-state index >= 15 is 0 Å². The van der Waals surface area contributed by atoms with Crippen molar-refractivity contribution in [2.75, 3.05) is 10.2 Å². The molecule has 0 unspecified atom stereocenters. The molecule has 3 amide bonds. The third kappa shape index (κ3) is 3.37. The van der Waals surface area contributed by atoms with Crippen LogP contribution in [0.1, 0.15) is 60.4 Å². The van der Waals surface area contributed by atoms with Crippen molar-refractivity contribution in [1.29, 1.82) is 0 Å². The van der Waals surface area contributed by atoms with Gasteiger partial charge < -0.3 is 10.4 Å². The van der Waals surface area contributed by atoms with Crippen molar-refractivity contribution in [2.24, 2.45) is 11.8 Å². The van der Waals surface area contributed by atoms with E-state index in [4.69, 9.17) is 0 Å². The fourth-order valence-corrected chi connectivity index (χ4v) is 6.84. The Labute approximate surface area is 230 Å². The maximum atomic E-state index is 13.9. The molecule has 1 fully saturated rings. The van der Waals surface area contributed by atoms with Gasteiger partial charge in [-0.3, -0.25) is 14.4 Å². The van der Waals surface area contributed by atoms with Gasteiger partial charge in [-0.25, -0.2) is 9.69 Å². The van der Waals surface area contributed by atoms with Gasteiger partial charge in [-0.15, -0.1) is 0 Å². The number of hydrogen-bond donors (Lipinski definition) is 2. The molecule has 7 nitrogen and oxygen atoms in total. The minimum atomic E-state index is -1.14. The molecular formula is C33H24N2O5. The van der Waals surface area contributed by atoms with Gasteiger partial charge in [0.05, 0.1) is 28.8 Å². The summed E-state index contributed by atoms with van der Waals surface area (Å²) in [5, 5.41) is 12.1. The highest BCUT2D eigenvalue weighted by molar-refractivity contribution is 6.23. The zero-order valence-corrected chi connectivity index (χ0v) is 21.5. The number of rotatable bonds is 4. The highest BCUT2D eigenvalue weighted by Gasteiger charge is 2.61. The minimum absolute atomic E-state index is 0.0111. The monoisotopic (exact) mass is 528 g/mol. The lowest BCUT2D eigenvalue weighted by Gasteiger charge is -2.45. The molecule has 3 aliphatic carbocycles. The lowest BCUT2D eigenvalue weighted by Crippen LogP contribution is -2.41. The van der Waals surface area contributed by atoms with Crippen molar-refractivity contribution >= 4 is 35.1 Å². The molecule has 0 radical (unpaired) electrons. The highest BCUT2D eigenvalue weighted by Crippen LogP contribution is 2.61. The van der Waals surface area contributed by atoms with Crippen LogP contribution in [0.5, 0.6) is 0 Å². The van der Waals surface area contributed by atoms with Crippen molar-refractivity contribution in [3.8, 4) is 0 Å². The number of amides is 3. The van der Waals surface area contributed by atoms with Gasteiger partial charge in [0.25, 0.3) is 5.91 Å². The molecule has 4 aromatic rings. The largest absolute Gasteiger partial charge is 0.478 e. The lowest BCUT2D eigenvalue weighted by molar-refractivity contribution is -0.122. The van der Waals surface area contributed by atoms with Crippen LogP contribution in [0.3, 0.4) is 0 Å². The second kappa shape index (κ2) is 8.74. The Balaban J connectivity index is 1.20. The summed E-state index contributed by atoms with van der Waals surface area (Å²) < 4.78 is 0. The summed E-state index contributed by atoms with van der Waals surface area (Å²) in [6.45, 7) is 1.81. The SMILES string of the molecule is Cc1ccc(C(=O)O)c(NC(=O)c2ccc(N3C(=O)[C@H]4C5c6ccccc6C(c6ccccc65)[C@@H]4C3=O)cc2)c1. The quantitative estimate of drug-likeness (QED) is 0.348. The minimum Gasteiger partial charge on any atom is -0.478 e. The van der Waals surface area contributed by atoms with Gasteiger partial charge in [0.2, 0.25) is 11.8 Å². The fourth-order valence-electron chi connectivity index (χ4n) is 6.84. The summed E-state index contributed by atoms with van der Waals surface area (Å²) in [7, 11) is 0. The predicted octanol–water partition coefficient (Wildman–Crippen LogP) is 5.34. The van der Waals surface area contributed by atoms with Crippen molar-refractivity contribution in [1.82, 2.24) is 0 Å². The van der Waals surface area contributed by atoms with Gasteiger partial charge in [0.1, 0.15) is 0 Å². The Bertz CT molecular complexity index is 1640. The molecule has 1 aliphatic heterocycles. The van der Waals surface area contributed by atoms with Crippen LogP contribution >= 0.6 is 0 Å². The van der Waals surface area contributed by atoms with Gasteiger partial charge in [-0.05, 0) is 71.1 Å². The van der Waals surface area contributed by atoms with E-state index in [1.54, 1.807) is 43.3 Å². The topological polar surface area (TPSA) is 104 Å². The van der Waals surface area contributed by atoms with E-state index in [1.807, 2.05) is 24.3 Å². The van der Waals surface area contributed by atoms with Crippen LogP contribution in [0.2, 0.25) is 0 Å². The van der Waals surface area contributed by atoms with E-state index in [0.29, 0.717) is 5.69 Å². The number of aryl methyl sites for hydroxylation is 1. The molecule has 40 heavy (non-hydrogen) atoms. The Hall–Kier alpha value is -5.04. The third-order valence-electron chi connectivity index (χ3n) is 8.49. The molecule has 2 bridgehead atoms. The zero-order chi connectivity index (χ0) is 27.7. The van der Waals surface area contributed by atoms with Crippen molar-refractivity contribution in [2.45, 2.75) is 18.8 Å². The maximum absolute atomic E-state index is 13.9. The van der Waals surface area contributed by atoms with Gasteiger partial charge in [-0.2, -0.15) is 0 Å². The first-order chi connectivity index (χ1) is 19.3. The molecule has 0 spiro atoms. The fraction of sp³-hybridized carbons (Fsp3) is 0.152. The van der Waals surface area contributed by atoms with Gasteiger partial charge in [0.15, 0.2) is 0 Å². The number of aromatic carboxylic acids is 1. The van der Waals surface area contributed by atoms with E-state index < -0.39 is 23.7 Å². The third-order valence-corrected chi connectivity index (χ3v) is 8.49. The van der Waals surface area contributed by atoms with E-state index in [9.17, 15) is 24.3 Å². The Kier molecular flexibility index (Phi) is 5.25. The molecule has 4 aromatic carbocycles. The van der Waals surface area contributed by atoms with Crippen LogP contribution in [-0.2, 0) is 9.59 Å². The number of anilines is 2. The normalized spacial score (nSPS) is 22.0. The number of carbonyl (C=O) groups excluding carboxylic acids is 3. The first-order valence-corrected chi connectivity index (χ1v) is 13.2. The summed E-state index contributed by atoms with van der Waals surface area (Å²) in [6.07, 6.45) is 0. The lowest BCUT2D eigenvalue weighted by atomic mass is 9.55. The molecule has 0 aromatic heterocycles. The molecule has 196 valence electrons. The molecular weight excluding hydrogens is 504 g/mol. The van der Waals surface area contributed by atoms with E-state index in [0.717, 1.165) is 27.8 Å². The first-order valence-electron chi connectivity index (χ1n) is 13.2. The number of carboxylic acid groups (broad SMARTS) is 1. The molecule has 2 atom stereocenters. The van der Waals surface area contributed by atoms with Crippen LogP contribution in [0.4, 0.5) is 11.4 Å². The molecule has 7 heteroatoms. The average Bonchev–Trinajstić information content (AvgIpc) is 3.23. The Morgan fingerprint density at radius 1 is 0.725 bits per heavy atom. The van der Waals surface area contributed by atoms with Gasteiger partial charge >= 0.3 is 5.97 Å². The standard InChI is InChI=1S/C33H24N2O5/c1-17-10-15-24(33(39)40)25(16-17)34-30(36)18-11-13-19(14-12-18)35-31(37)28-26-20-6-2-3-7-21(20)27(29(28)32(35)38)23-9-5-4-8-22(23)26/h2-16,26-29H,1H3,(H,34,36)(H,39,40)/t26?,27?,28-,29-/m0/s1. The summed E-state index contributed by atoms with van der Waals surface area (Å²) in [5.41, 5.74) is 6.13. The van der Waals surface area contributed by atoms with Gasteiger partial charge in [0, 0.05) is 17.4 Å². The average molecular weight is 529 g/mol. The Morgan fingerprint density at radius 2 is 1.23 bits per heavy atom. The van der Waals surface area contributed by atoms with Crippen LogP contribution in [-0.4, -0.2) is 28.8 Å². The number of carbonyl (C=O) groups is 4. The van der Waals surface area contributed by atoms with Crippen LogP contribution < -0.4 is 10.2 Å². The summed E-state index contributed by atoms with van der Waals surface area (Å²) in [4.78, 5) is 53.7. The molecule has 8 rings (SSSR count). The predicted molar refractivity (Wildman–Crippen MR) is 149 cm³/mol. The van der Waals surface area contributed by atoms with Crippen molar-refractivity contribution < 1.29 is 24.3 Å². The molecule has 1 saturated heterocycles. The summed E-state index contributed by atoms with van der Waals surface area (Å²) >= 11 is 0. The van der Waals surface area contributed by atoms with Crippen molar-refractivity contribution in [3.05, 3.63) is 130 Å². The number of benzene rings is 4. The van der Waals surface area contributed by atoms with Crippen LogP contribution in [0.25, 0.3) is 0 Å². The van der Waals surface area contributed by atoms with E-state index in [2.05, 4.69) is 29.6 Å². The molecule has 4 aliphatic rings. The summed E-state index contributed by atoms with van der Waals surface area (Å²) in [5.74, 6) is -3.43. The molecule has 2 N–H and O–H groups in total. The first kappa shape index (κ1) is 24.0. The second-order valence-corrected chi connectivity index (χ2v) is 10.6. The second-order valence-electron chi connectivity index (χ2n) is 10.6. The number of imide groups is 1. The number of nitrogens with one attached hydrogen (secondary N) is 1. The summed E-state index contributed by atoms with van der Waals surface area (Å²) in [6, 6.07) is 27.2. The Morgan fingerprint density at radius 3 is 1.70 bits per heavy atom. The number of carboxylic acids is 1. The molecule has 0 saturated carbocycles. The van der Waals surface area contributed by atoms with Crippen LogP contribution in [0.15, 0.2) is 91.0 Å². The number of nitrogens with zero attached hydrogens (tertiary/aromatic N) is 1. The van der Waals surface area contributed by atoms with Crippen molar-refractivity contribution in [3.63, 3.8) is 0 Å². The smallest absolute Gasteiger partial charge is 0.337 e. The highest BCUT2D eigenvalue weighted by atomic mass is 16.4. The molecule has 1 heterocycles. The van der Waals surface area contributed by atoms with Crippen LogP contribution in [0, 0.1) is 18.8 Å². The van der Waals surface area contributed by atoms with E-state index in [1.165, 1.54) is 11.0 Å². The number of hydrogen-bond acceptors (Lipinski definition) is 4. The van der Waals surface area contributed by atoms with E-state index in [-0.39, 0.29) is 40.5 Å². The van der Waals surface area contributed by atoms with Gasteiger partial charge in [-0.1, -0.05) is 54.6 Å². The maximum Gasteiger partial charge on any atom is 0.337 e.